The molecule has 0 aliphatic rings. The number of benzene rings is 10. The van der Waals surface area contributed by atoms with E-state index >= 15 is 0 Å². The van der Waals surface area contributed by atoms with Gasteiger partial charge < -0.3 is 8.98 Å². The van der Waals surface area contributed by atoms with Gasteiger partial charge in [0.2, 0.25) is 0 Å². The van der Waals surface area contributed by atoms with Gasteiger partial charge >= 0.3 is 0 Å². The zero-order valence-electron chi connectivity index (χ0n) is 34.7. The van der Waals surface area contributed by atoms with Crippen LogP contribution >= 0.6 is 11.3 Å². The summed E-state index contributed by atoms with van der Waals surface area (Å²) in [6.45, 7) is 0. The zero-order chi connectivity index (χ0) is 42.6. The van der Waals surface area contributed by atoms with Gasteiger partial charge in [0.05, 0.1) is 22.3 Å². The van der Waals surface area contributed by atoms with Crippen molar-refractivity contribution in [1.82, 2.24) is 19.5 Å². The van der Waals surface area contributed by atoms with Crippen molar-refractivity contribution < 1.29 is 4.42 Å². The number of hydrogen-bond acceptors (Lipinski definition) is 5. The van der Waals surface area contributed by atoms with E-state index in [-0.39, 0.29) is 0 Å². The molecule has 0 unspecified atom stereocenters. The molecule has 0 spiro atoms. The maximum atomic E-state index is 6.66. The SMILES string of the molecule is c1ccc(-c2ccc(-c3nc(-c4ccc5sc6ccccc6c5c4)nc(-c4c(-n5c6cc7ccccc7cc6c6c7ccccc7ccc65)ccc5oc6ccccc6c45)n3)cc2)cc1. The molecule has 302 valence electrons. The fourth-order valence-corrected chi connectivity index (χ4v) is 11.1. The van der Waals surface area contributed by atoms with Crippen molar-refractivity contribution in [2.75, 3.05) is 0 Å². The van der Waals surface area contributed by atoms with Crippen LogP contribution in [0.15, 0.2) is 211 Å². The Balaban J connectivity index is 1.10. The van der Waals surface area contributed by atoms with Crippen LogP contribution < -0.4 is 0 Å². The van der Waals surface area contributed by atoms with Crippen LogP contribution in [0.4, 0.5) is 0 Å². The van der Waals surface area contributed by atoms with Crippen LogP contribution in [0.25, 0.3) is 136 Å². The summed E-state index contributed by atoms with van der Waals surface area (Å²) in [5.41, 5.74) is 9.71. The number of thiophene rings is 1. The van der Waals surface area contributed by atoms with Gasteiger partial charge in [-0.15, -0.1) is 11.3 Å². The molecule has 6 heteroatoms. The van der Waals surface area contributed by atoms with Gasteiger partial charge in [-0.1, -0.05) is 146 Å². The predicted octanol–water partition coefficient (Wildman–Crippen LogP) is 16.2. The molecule has 0 amide bonds. The van der Waals surface area contributed by atoms with Gasteiger partial charge in [-0.2, -0.15) is 0 Å². The molecule has 0 fully saturated rings. The van der Waals surface area contributed by atoms with Gasteiger partial charge in [-0.05, 0) is 93.3 Å². The Morgan fingerprint density at radius 2 is 0.985 bits per heavy atom. The monoisotopic (exact) mass is 846 g/mol. The largest absolute Gasteiger partial charge is 0.456 e. The van der Waals surface area contributed by atoms with E-state index in [0.717, 1.165) is 66.5 Å². The van der Waals surface area contributed by atoms with Crippen molar-refractivity contribution >= 4 is 96.8 Å². The Hall–Kier alpha value is -8.45. The van der Waals surface area contributed by atoms with Crippen molar-refractivity contribution in [2.45, 2.75) is 0 Å². The molecule has 4 heterocycles. The van der Waals surface area contributed by atoms with Gasteiger partial charge in [0.1, 0.15) is 11.2 Å². The molecule has 0 radical (unpaired) electrons. The number of para-hydroxylation sites is 1. The number of nitrogens with zero attached hydrogens (tertiary/aromatic N) is 4. The lowest BCUT2D eigenvalue weighted by atomic mass is 10.0. The molecule has 0 aliphatic heterocycles. The molecule has 4 aromatic heterocycles. The second-order valence-corrected chi connectivity index (χ2v) is 17.8. The minimum absolute atomic E-state index is 0.566. The van der Waals surface area contributed by atoms with Crippen molar-refractivity contribution in [3.63, 3.8) is 0 Å². The van der Waals surface area contributed by atoms with Gasteiger partial charge in [0.25, 0.3) is 0 Å². The molecule has 10 aromatic carbocycles. The second kappa shape index (κ2) is 14.0. The predicted molar refractivity (Wildman–Crippen MR) is 271 cm³/mol. The summed E-state index contributed by atoms with van der Waals surface area (Å²) in [5.74, 6) is 1.76. The standard InChI is InChI=1S/C59H34N4OS/c1-2-12-35(13-3-1)36-22-24-38(25-23-36)57-60-58(41-27-31-53-45(33-41)43-18-9-11-21-52(43)65-53)62-59(61-57)56-48(29-30-51-55(56)44-19-8-10-20-50(44)64-51)63-47-28-26-37-14-6-7-17-42(37)54(47)46-32-39-15-4-5-16-40(39)34-49(46)63/h1-34H. The Morgan fingerprint density at radius 1 is 0.354 bits per heavy atom. The smallest absolute Gasteiger partial charge is 0.166 e. The van der Waals surface area contributed by atoms with Gasteiger partial charge in [-0.3, -0.25) is 0 Å². The van der Waals surface area contributed by atoms with Gasteiger partial charge in [0.15, 0.2) is 17.5 Å². The Kier molecular flexibility index (Phi) is 7.79. The maximum Gasteiger partial charge on any atom is 0.166 e. The lowest BCUT2D eigenvalue weighted by Gasteiger charge is -2.16. The second-order valence-electron chi connectivity index (χ2n) is 16.7. The van der Waals surface area contributed by atoms with Crippen LogP contribution in [0.1, 0.15) is 0 Å². The number of rotatable bonds is 5. The summed E-state index contributed by atoms with van der Waals surface area (Å²) < 4.78 is 11.6. The van der Waals surface area contributed by atoms with Crippen molar-refractivity contribution in [1.29, 1.82) is 0 Å². The highest BCUT2D eigenvalue weighted by molar-refractivity contribution is 7.25. The first-order valence-electron chi connectivity index (χ1n) is 21.8. The normalized spacial score (nSPS) is 12.0. The molecule has 0 aliphatic carbocycles. The minimum atomic E-state index is 0.566. The Bertz CT molecular complexity index is 4240. The third-order valence-corrected chi connectivity index (χ3v) is 14.2. The van der Waals surface area contributed by atoms with Crippen molar-refractivity contribution in [3.8, 4) is 51.0 Å². The highest BCUT2D eigenvalue weighted by Crippen LogP contribution is 2.45. The number of furan rings is 1. The van der Waals surface area contributed by atoms with E-state index in [0.29, 0.717) is 17.5 Å². The van der Waals surface area contributed by atoms with E-state index < -0.39 is 0 Å². The zero-order valence-corrected chi connectivity index (χ0v) is 35.6. The summed E-state index contributed by atoms with van der Waals surface area (Å²) >= 11 is 1.81. The molecule has 0 saturated heterocycles. The molecule has 5 nitrogen and oxygen atoms in total. The molecule has 0 saturated carbocycles. The van der Waals surface area contributed by atoms with Crippen LogP contribution in [0.2, 0.25) is 0 Å². The average Bonchev–Trinajstić information content (AvgIpc) is 4.05. The fraction of sp³-hybridized carbons (Fsp3) is 0. The van der Waals surface area contributed by atoms with Gasteiger partial charge in [-0.25, -0.2) is 15.0 Å². The lowest BCUT2D eigenvalue weighted by Crippen LogP contribution is -2.04. The van der Waals surface area contributed by atoms with Crippen LogP contribution in [0.3, 0.4) is 0 Å². The molecule has 0 atom stereocenters. The first-order valence-corrected chi connectivity index (χ1v) is 22.7. The van der Waals surface area contributed by atoms with E-state index in [4.69, 9.17) is 19.4 Å². The highest BCUT2D eigenvalue weighted by atomic mass is 32.1. The molecule has 0 N–H and O–H groups in total. The number of fused-ring (bicyclic) bond motifs is 12. The topological polar surface area (TPSA) is 56.7 Å². The third-order valence-electron chi connectivity index (χ3n) is 13.0. The Morgan fingerprint density at radius 3 is 1.83 bits per heavy atom. The fourth-order valence-electron chi connectivity index (χ4n) is 10.0. The summed E-state index contributed by atoms with van der Waals surface area (Å²) in [4.78, 5) is 16.3. The molecule has 14 aromatic rings. The summed E-state index contributed by atoms with van der Waals surface area (Å²) in [7, 11) is 0. The van der Waals surface area contributed by atoms with Gasteiger partial charge in [0, 0.05) is 52.8 Å². The highest BCUT2D eigenvalue weighted by Gasteiger charge is 2.25. The van der Waals surface area contributed by atoms with E-state index in [2.05, 4.69) is 193 Å². The van der Waals surface area contributed by atoms with E-state index in [9.17, 15) is 0 Å². The van der Waals surface area contributed by atoms with Crippen LogP contribution in [0, 0.1) is 0 Å². The average molecular weight is 847 g/mol. The van der Waals surface area contributed by atoms with Crippen LogP contribution in [-0.2, 0) is 0 Å². The molecule has 65 heavy (non-hydrogen) atoms. The summed E-state index contributed by atoms with van der Waals surface area (Å²) in [5, 5.41) is 11.5. The van der Waals surface area contributed by atoms with Crippen molar-refractivity contribution in [2.24, 2.45) is 0 Å². The minimum Gasteiger partial charge on any atom is -0.456 e. The molecular weight excluding hydrogens is 813 g/mol. The third kappa shape index (κ3) is 5.61. The Labute approximate surface area is 376 Å². The maximum absolute atomic E-state index is 6.66. The lowest BCUT2D eigenvalue weighted by molar-refractivity contribution is 0.669. The number of aromatic nitrogens is 4. The molecular formula is C59H34N4OS. The quantitative estimate of drug-likeness (QED) is 0.173. The van der Waals surface area contributed by atoms with E-state index in [1.54, 1.807) is 11.3 Å². The number of hydrogen-bond donors (Lipinski definition) is 0. The summed E-state index contributed by atoms with van der Waals surface area (Å²) in [6, 6.07) is 73.3. The van der Waals surface area contributed by atoms with E-state index in [1.807, 2.05) is 18.2 Å². The van der Waals surface area contributed by atoms with Crippen LogP contribution in [0.5, 0.6) is 0 Å². The molecule has 14 rings (SSSR count). The summed E-state index contributed by atoms with van der Waals surface area (Å²) in [6.07, 6.45) is 0. The first-order chi connectivity index (χ1) is 32.2. The van der Waals surface area contributed by atoms with Crippen molar-refractivity contribution in [3.05, 3.63) is 206 Å². The first kappa shape index (κ1) is 36.1. The molecule has 0 bridgehead atoms. The van der Waals surface area contributed by atoms with E-state index in [1.165, 1.54) is 52.5 Å². The van der Waals surface area contributed by atoms with Crippen LogP contribution in [-0.4, -0.2) is 19.5 Å².